The van der Waals surface area contributed by atoms with E-state index in [1.54, 1.807) is 0 Å². The van der Waals surface area contributed by atoms with Crippen molar-refractivity contribution in [2.75, 3.05) is 0 Å². The van der Waals surface area contributed by atoms with Crippen molar-refractivity contribution in [3.63, 3.8) is 0 Å². The topological polar surface area (TPSA) is 60.2 Å². The monoisotopic (exact) mass is 181 g/mol. The van der Waals surface area contributed by atoms with Crippen LogP contribution in [0, 0.1) is 10.1 Å². The second-order valence-electron chi connectivity index (χ2n) is 1.97. The first-order valence-corrected chi connectivity index (χ1v) is 3.93. The number of benzene rings is 1. The largest absolute Gasteiger partial charge is 0.298 e. The molecule has 1 rings (SSSR count). The SMILES string of the molecule is CC.O=Cc1cccc([N+](=O)[O-])c1. The molecule has 0 saturated carbocycles. The van der Waals surface area contributed by atoms with E-state index in [4.69, 9.17) is 0 Å². The third-order valence-corrected chi connectivity index (χ3v) is 1.22. The van der Waals surface area contributed by atoms with E-state index < -0.39 is 4.92 Å². The molecule has 0 aliphatic rings. The first-order chi connectivity index (χ1) is 6.24. The van der Waals surface area contributed by atoms with Crippen LogP contribution in [0.25, 0.3) is 0 Å². The molecule has 0 aliphatic heterocycles. The van der Waals surface area contributed by atoms with Gasteiger partial charge in [0.05, 0.1) is 4.92 Å². The smallest absolute Gasteiger partial charge is 0.270 e. The molecular formula is C9H11NO3. The van der Waals surface area contributed by atoms with Gasteiger partial charge in [-0.2, -0.15) is 0 Å². The molecular weight excluding hydrogens is 170 g/mol. The molecule has 0 aliphatic carbocycles. The van der Waals surface area contributed by atoms with Crippen molar-refractivity contribution >= 4 is 12.0 Å². The highest BCUT2D eigenvalue weighted by Gasteiger charge is 2.03. The van der Waals surface area contributed by atoms with Crippen molar-refractivity contribution < 1.29 is 9.72 Å². The summed E-state index contributed by atoms with van der Waals surface area (Å²) in [6.45, 7) is 4.00. The number of aldehydes is 1. The van der Waals surface area contributed by atoms with Gasteiger partial charge in [-0.1, -0.05) is 26.0 Å². The van der Waals surface area contributed by atoms with Crippen LogP contribution in [0.1, 0.15) is 24.2 Å². The van der Waals surface area contributed by atoms with E-state index in [0.717, 1.165) is 0 Å². The van der Waals surface area contributed by atoms with Crippen molar-refractivity contribution in [1.29, 1.82) is 0 Å². The third-order valence-electron chi connectivity index (χ3n) is 1.22. The lowest BCUT2D eigenvalue weighted by molar-refractivity contribution is -0.384. The van der Waals surface area contributed by atoms with Gasteiger partial charge in [0.1, 0.15) is 6.29 Å². The quantitative estimate of drug-likeness (QED) is 0.400. The fraction of sp³-hybridized carbons (Fsp3) is 0.222. The lowest BCUT2D eigenvalue weighted by Crippen LogP contribution is -1.88. The summed E-state index contributed by atoms with van der Waals surface area (Å²) in [5, 5.41) is 10.2. The third kappa shape index (κ3) is 3.46. The zero-order chi connectivity index (χ0) is 10.3. The molecule has 4 nitrogen and oxygen atoms in total. The maximum Gasteiger partial charge on any atom is 0.270 e. The van der Waals surface area contributed by atoms with Crippen LogP contribution in [0.15, 0.2) is 24.3 Å². The minimum absolute atomic E-state index is 0.0606. The van der Waals surface area contributed by atoms with E-state index in [2.05, 4.69) is 0 Å². The summed E-state index contributed by atoms with van der Waals surface area (Å²) in [7, 11) is 0. The molecule has 0 spiro atoms. The molecule has 0 bridgehead atoms. The second kappa shape index (κ2) is 5.88. The Morgan fingerprint density at radius 2 is 2.00 bits per heavy atom. The number of carbonyl (C=O) groups is 1. The summed E-state index contributed by atoms with van der Waals surface area (Å²) in [4.78, 5) is 19.8. The molecule has 0 saturated heterocycles. The molecule has 1 aromatic carbocycles. The zero-order valence-electron chi connectivity index (χ0n) is 7.56. The highest BCUT2D eigenvalue weighted by molar-refractivity contribution is 5.75. The van der Waals surface area contributed by atoms with Crippen LogP contribution in [0.2, 0.25) is 0 Å². The Bertz CT molecular complexity index is 297. The van der Waals surface area contributed by atoms with Crippen molar-refractivity contribution in [3.05, 3.63) is 39.9 Å². The van der Waals surface area contributed by atoms with E-state index in [1.807, 2.05) is 13.8 Å². The molecule has 70 valence electrons. The predicted molar refractivity (Wildman–Crippen MR) is 49.8 cm³/mol. The van der Waals surface area contributed by atoms with Crippen molar-refractivity contribution in [1.82, 2.24) is 0 Å². The van der Waals surface area contributed by atoms with Crippen molar-refractivity contribution in [2.24, 2.45) is 0 Å². The van der Waals surface area contributed by atoms with Crippen LogP contribution < -0.4 is 0 Å². The molecule has 0 atom stereocenters. The Labute approximate surface area is 76.3 Å². The summed E-state index contributed by atoms with van der Waals surface area (Å²) >= 11 is 0. The second-order valence-corrected chi connectivity index (χ2v) is 1.97. The molecule has 0 radical (unpaired) electrons. The number of nitrogens with zero attached hydrogens (tertiary/aromatic N) is 1. The van der Waals surface area contributed by atoms with Gasteiger partial charge < -0.3 is 0 Å². The molecule has 0 fully saturated rings. The van der Waals surface area contributed by atoms with E-state index in [-0.39, 0.29) is 5.69 Å². The minimum Gasteiger partial charge on any atom is -0.298 e. The average molecular weight is 181 g/mol. The molecule has 0 heterocycles. The number of rotatable bonds is 2. The summed E-state index contributed by atoms with van der Waals surface area (Å²) in [5.41, 5.74) is 0.258. The number of nitro benzene ring substituents is 1. The number of hydrogen-bond acceptors (Lipinski definition) is 3. The van der Waals surface area contributed by atoms with Gasteiger partial charge in [0, 0.05) is 17.7 Å². The fourth-order valence-corrected chi connectivity index (χ4v) is 0.712. The first kappa shape index (κ1) is 11.3. The van der Waals surface area contributed by atoms with Gasteiger partial charge in [0.15, 0.2) is 0 Å². The van der Waals surface area contributed by atoms with Gasteiger partial charge in [-0.25, -0.2) is 0 Å². The summed E-state index contributed by atoms with van der Waals surface area (Å²) in [5.74, 6) is 0. The van der Waals surface area contributed by atoms with E-state index in [9.17, 15) is 14.9 Å². The highest BCUT2D eigenvalue weighted by atomic mass is 16.6. The van der Waals surface area contributed by atoms with Crippen LogP contribution in [0.3, 0.4) is 0 Å². The van der Waals surface area contributed by atoms with Gasteiger partial charge in [0.2, 0.25) is 0 Å². The predicted octanol–water partition coefficient (Wildman–Crippen LogP) is 2.43. The summed E-state index contributed by atoms with van der Waals surface area (Å²) in [6.07, 6.45) is 0.576. The maximum absolute atomic E-state index is 10.2. The van der Waals surface area contributed by atoms with Crippen LogP contribution in [0.5, 0.6) is 0 Å². The molecule has 0 aromatic heterocycles. The van der Waals surface area contributed by atoms with Crippen LogP contribution in [0.4, 0.5) is 5.69 Å². The maximum atomic E-state index is 10.2. The molecule has 0 unspecified atom stereocenters. The van der Waals surface area contributed by atoms with Crippen LogP contribution in [-0.4, -0.2) is 11.2 Å². The van der Waals surface area contributed by atoms with E-state index in [1.165, 1.54) is 24.3 Å². The molecule has 4 heteroatoms. The van der Waals surface area contributed by atoms with E-state index >= 15 is 0 Å². The molecule has 13 heavy (non-hydrogen) atoms. The lowest BCUT2D eigenvalue weighted by atomic mass is 10.2. The minimum atomic E-state index is -0.535. The van der Waals surface area contributed by atoms with Gasteiger partial charge >= 0.3 is 0 Å². The van der Waals surface area contributed by atoms with Crippen molar-refractivity contribution in [2.45, 2.75) is 13.8 Å². The molecule has 0 N–H and O–H groups in total. The summed E-state index contributed by atoms with van der Waals surface area (Å²) < 4.78 is 0. The first-order valence-electron chi connectivity index (χ1n) is 3.93. The Morgan fingerprint density at radius 3 is 2.46 bits per heavy atom. The van der Waals surface area contributed by atoms with Gasteiger partial charge in [-0.05, 0) is 0 Å². The molecule has 1 aromatic rings. The Balaban J connectivity index is 0.000000671. The zero-order valence-corrected chi connectivity index (χ0v) is 7.56. The number of hydrogen-bond donors (Lipinski definition) is 0. The Kier molecular flexibility index (Phi) is 5.11. The van der Waals surface area contributed by atoms with Crippen molar-refractivity contribution in [3.8, 4) is 0 Å². The summed E-state index contributed by atoms with van der Waals surface area (Å²) in [6, 6.07) is 5.56. The molecule has 0 amide bonds. The lowest BCUT2D eigenvalue weighted by Gasteiger charge is -1.90. The highest BCUT2D eigenvalue weighted by Crippen LogP contribution is 2.10. The van der Waals surface area contributed by atoms with Crippen LogP contribution in [-0.2, 0) is 0 Å². The number of carbonyl (C=O) groups excluding carboxylic acids is 1. The standard InChI is InChI=1S/C7H5NO3.C2H6/c9-5-6-2-1-3-7(4-6)8(10)11;1-2/h1-5H;1-2H3. The Morgan fingerprint density at radius 1 is 1.38 bits per heavy atom. The van der Waals surface area contributed by atoms with E-state index in [0.29, 0.717) is 11.8 Å². The average Bonchev–Trinajstić information content (AvgIpc) is 2.21. The fourth-order valence-electron chi connectivity index (χ4n) is 0.712. The van der Waals surface area contributed by atoms with Gasteiger partial charge in [-0.3, -0.25) is 14.9 Å². The number of non-ortho nitro benzene ring substituents is 1. The van der Waals surface area contributed by atoms with Gasteiger partial charge in [-0.15, -0.1) is 0 Å². The van der Waals surface area contributed by atoms with Gasteiger partial charge in [0.25, 0.3) is 5.69 Å². The number of nitro groups is 1. The van der Waals surface area contributed by atoms with Crippen LogP contribution >= 0.6 is 0 Å². The normalized spacial score (nSPS) is 8.15. The Hall–Kier alpha value is -1.71.